The molecule has 1 aromatic rings. The lowest BCUT2D eigenvalue weighted by Crippen LogP contribution is -2.31. The number of unbranched alkanes of at least 4 members (excludes halogenated alkanes) is 9. The zero-order chi connectivity index (χ0) is 28.1. The Morgan fingerprint density at radius 3 is 1.92 bits per heavy atom. The number of esters is 1. The van der Waals surface area contributed by atoms with Crippen LogP contribution in [-0.2, 0) is 20.7 Å². The van der Waals surface area contributed by atoms with Crippen molar-refractivity contribution < 1.29 is 32.2 Å². The summed E-state index contributed by atoms with van der Waals surface area (Å²) < 4.78 is 48.0. The van der Waals surface area contributed by atoms with Crippen molar-refractivity contribution in [2.24, 2.45) is 0 Å². The van der Waals surface area contributed by atoms with E-state index in [-0.39, 0.29) is 12.4 Å². The fourth-order valence-corrected chi connectivity index (χ4v) is 4.28. The lowest BCUT2D eigenvalue weighted by atomic mass is 10.1. The van der Waals surface area contributed by atoms with Crippen LogP contribution in [0.3, 0.4) is 0 Å². The van der Waals surface area contributed by atoms with Gasteiger partial charge in [-0.2, -0.15) is 13.2 Å². The summed E-state index contributed by atoms with van der Waals surface area (Å²) in [5.41, 5.74) is 0.663. The Labute approximate surface area is 227 Å². The summed E-state index contributed by atoms with van der Waals surface area (Å²) in [7, 11) is 0. The minimum Gasteiger partial charge on any atom is -0.492 e. The van der Waals surface area contributed by atoms with Crippen LogP contribution in [0.15, 0.2) is 24.3 Å². The van der Waals surface area contributed by atoms with E-state index >= 15 is 0 Å². The number of halogens is 3. The molecule has 0 unspecified atom stereocenters. The van der Waals surface area contributed by atoms with Gasteiger partial charge < -0.3 is 9.47 Å². The fourth-order valence-electron chi connectivity index (χ4n) is 4.28. The molecule has 38 heavy (non-hydrogen) atoms. The van der Waals surface area contributed by atoms with Gasteiger partial charge in [0.15, 0.2) is 0 Å². The number of rotatable bonds is 23. The number of carbonyl (C=O) groups excluding carboxylic acids is 2. The van der Waals surface area contributed by atoms with Crippen molar-refractivity contribution in [3.8, 4) is 5.75 Å². The highest BCUT2D eigenvalue weighted by Gasteiger charge is 2.37. The minimum absolute atomic E-state index is 0.0473. The van der Waals surface area contributed by atoms with Gasteiger partial charge in [-0.3, -0.25) is 14.5 Å². The lowest BCUT2D eigenvalue weighted by molar-refractivity contribution is -0.171. The first-order chi connectivity index (χ1) is 18.3. The van der Waals surface area contributed by atoms with Crippen LogP contribution < -0.4 is 4.74 Å². The second-order valence-corrected chi connectivity index (χ2v) is 9.85. The average Bonchev–Trinajstić information content (AvgIpc) is 2.88. The van der Waals surface area contributed by atoms with Gasteiger partial charge >= 0.3 is 12.1 Å². The Morgan fingerprint density at radius 2 is 1.34 bits per heavy atom. The molecule has 0 radical (unpaired) electrons. The molecule has 0 aliphatic carbocycles. The first-order valence-electron chi connectivity index (χ1n) is 14.5. The number of benzene rings is 1. The maximum absolute atomic E-state index is 12.4. The summed E-state index contributed by atoms with van der Waals surface area (Å²) in [5.74, 6) is -1.23. The summed E-state index contributed by atoms with van der Waals surface area (Å²) >= 11 is 0. The van der Waals surface area contributed by atoms with Gasteiger partial charge in [-0.05, 0) is 57.0 Å². The maximum Gasteiger partial charge on any atom is 0.449 e. The molecule has 0 heterocycles. The largest absolute Gasteiger partial charge is 0.492 e. The number of hydrogen-bond donors (Lipinski definition) is 0. The number of carbonyl (C=O) groups is 2. The molecule has 0 aliphatic heterocycles. The molecule has 1 rings (SSSR count). The SMILES string of the molecule is CCCCCCCCCCCCN(CCCC(=O)OCC)CCOc1ccc(CCC(=O)C(F)(F)F)cc1. The second kappa shape index (κ2) is 20.8. The Hall–Kier alpha value is -2.09. The van der Waals surface area contributed by atoms with Gasteiger partial charge in [-0.1, -0.05) is 76.8 Å². The number of alkyl halides is 3. The van der Waals surface area contributed by atoms with Crippen molar-refractivity contribution in [1.82, 2.24) is 4.90 Å². The van der Waals surface area contributed by atoms with E-state index < -0.39 is 18.4 Å². The molecular weight excluding hydrogens is 495 g/mol. The predicted octanol–water partition coefficient (Wildman–Crippen LogP) is 7.70. The smallest absolute Gasteiger partial charge is 0.449 e. The predicted molar refractivity (Wildman–Crippen MR) is 145 cm³/mol. The van der Waals surface area contributed by atoms with Gasteiger partial charge in [0.25, 0.3) is 0 Å². The standard InChI is InChI=1S/C30H48F3NO4/c1-3-5-6-7-8-9-10-11-12-13-22-34(23-14-15-29(36)37-4-2)24-25-38-27-19-16-26(17-20-27)18-21-28(35)30(31,32)33/h16-17,19-20H,3-15,18,21-25H2,1-2H3. The van der Waals surface area contributed by atoms with Gasteiger partial charge in [-0.15, -0.1) is 0 Å². The monoisotopic (exact) mass is 543 g/mol. The summed E-state index contributed by atoms with van der Waals surface area (Å²) in [6.45, 7) is 7.39. The summed E-state index contributed by atoms with van der Waals surface area (Å²) in [6, 6.07) is 6.83. The van der Waals surface area contributed by atoms with Crippen LogP contribution in [0.4, 0.5) is 13.2 Å². The van der Waals surface area contributed by atoms with Crippen LogP contribution in [0.5, 0.6) is 5.75 Å². The Kier molecular flexibility index (Phi) is 18.6. The fraction of sp³-hybridized carbons (Fsp3) is 0.733. The highest BCUT2D eigenvalue weighted by Crippen LogP contribution is 2.20. The van der Waals surface area contributed by atoms with Gasteiger partial charge in [0.1, 0.15) is 12.4 Å². The molecule has 218 valence electrons. The van der Waals surface area contributed by atoms with E-state index in [1.54, 1.807) is 31.2 Å². The summed E-state index contributed by atoms with van der Waals surface area (Å²) in [4.78, 5) is 25.1. The number of Topliss-reactive ketones (excluding diaryl/α,β-unsaturated/α-hetero) is 1. The van der Waals surface area contributed by atoms with Gasteiger partial charge in [0.2, 0.25) is 5.78 Å². The second-order valence-electron chi connectivity index (χ2n) is 9.85. The molecule has 0 spiro atoms. The minimum atomic E-state index is -4.78. The van der Waals surface area contributed by atoms with Crippen molar-refractivity contribution in [3.63, 3.8) is 0 Å². The van der Waals surface area contributed by atoms with Gasteiger partial charge in [0.05, 0.1) is 6.61 Å². The van der Waals surface area contributed by atoms with E-state index in [1.807, 2.05) is 0 Å². The molecule has 8 heteroatoms. The van der Waals surface area contributed by atoms with Crippen molar-refractivity contribution in [1.29, 1.82) is 0 Å². The van der Waals surface area contributed by atoms with Crippen LogP contribution in [0.25, 0.3) is 0 Å². The third-order valence-electron chi connectivity index (χ3n) is 6.54. The van der Waals surface area contributed by atoms with Crippen LogP contribution in [-0.4, -0.2) is 55.7 Å². The van der Waals surface area contributed by atoms with E-state index in [1.165, 1.54) is 57.8 Å². The normalized spacial score (nSPS) is 11.6. The quantitative estimate of drug-likeness (QED) is 0.105. The van der Waals surface area contributed by atoms with Crippen LogP contribution in [0.1, 0.15) is 103 Å². The van der Waals surface area contributed by atoms with E-state index in [2.05, 4.69) is 11.8 Å². The molecule has 1 aromatic carbocycles. The maximum atomic E-state index is 12.4. The van der Waals surface area contributed by atoms with Crippen LogP contribution in [0.2, 0.25) is 0 Å². The third-order valence-corrected chi connectivity index (χ3v) is 6.54. The Balaban J connectivity index is 2.37. The first-order valence-corrected chi connectivity index (χ1v) is 14.5. The highest BCUT2D eigenvalue weighted by atomic mass is 19.4. The number of aryl methyl sites for hydroxylation is 1. The average molecular weight is 544 g/mol. The van der Waals surface area contributed by atoms with Crippen molar-refractivity contribution in [3.05, 3.63) is 29.8 Å². The zero-order valence-electron chi connectivity index (χ0n) is 23.5. The first kappa shape index (κ1) is 33.9. The van der Waals surface area contributed by atoms with E-state index in [0.29, 0.717) is 30.9 Å². The molecule has 0 N–H and O–H groups in total. The molecule has 0 bridgehead atoms. The van der Waals surface area contributed by atoms with Crippen molar-refractivity contribution >= 4 is 11.8 Å². The lowest BCUT2D eigenvalue weighted by Gasteiger charge is -2.22. The number of ether oxygens (including phenoxy) is 2. The Morgan fingerprint density at radius 1 is 0.763 bits per heavy atom. The van der Waals surface area contributed by atoms with Gasteiger partial charge in [-0.25, -0.2) is 0 Å². The van der Waals surface area contributed by atoms with E-state index in [9.17, 15) is 22.8 Å². The molecule has 5 nitrogen and oxygen atoms in total. The van der Waals surface area contributed by atoms with Gasteiger partial charge in [0, 0.05) is 19.4 Å². The van der Waals surface area contributed by atoms with Crippen molar-refractivity contribution in [2.45, 2.75) is 110 Å². The van der Waals surface area contributed by atoms with E-state index in [4.69, 9.17) is 9.47 Å². The van der Waals surface area contributed by atoms with Crippen LogP contribution >= 0.6 is 0 Å². The Bertz CT molecular complexity index is 753. The van der Waals surface area contributed by atoms with Crippen LogP contribution in [0, 0.1) is 0 Å². The molecule has 0 fully saturated rings. The zero-order valence-corrected chi connectivity index (χ0v) is 23.5. The summed E-state index contributed by atoms with van der Waals surface area (Å²) in [6.07, 6.45) is 8.69. The number of ketones is 1. The number of nitrogens with zero attached hydrogens (tertiary/aromatic N) is 1. The highest BCUT2D eigenvalue weighted by molar-refractivity contribution is 5.84. The number of hydrogen-bond acceptors (Lipinski definition) is 5. The molecule has 0 aliphatic rings. The summed E-state index contributed by atoms with van der Waals surface area (Å²) in [5, 5.41) is 0. The molecule has 0 atom stereocenters. The van der Waals surface area contributed by atoms with Crippen molar-refractivity contribution in [2.75, 3.05) is 32.8 Å². The topological polar surface area (TPSA) is 55.8 Å². The molecule has 0 amide bonds. The molecule has 0 aromatic heterocycles. The molecular formula is C30H48F3NO4. The molecule has 0 saturated heterocycles. The van der Waals surface area contributed by atoms with E-state index in [0.717, 1.165) is 32.5 Å². The molecule has 0 saturated carbocycles. The third kappa shape index (κ3) is 17.4.